The van der Waals surface area contributed by atoms with Gasteiger partial charge in [-0.1, -0.05) is 12.1 Å². The smallest absolute Gasteiger partial charge is 0.152 e. The second kappa shape index (κ2) is 3.90. The monoisotopic (exact) mass is 176 g/mol. The Morgan fingerprint density at radius 1 is 1.46 bits per heavy atom. The summed E-state index contributed by atoms with van der Waals surface area (Å²) in [6.07, 6.45) is 3.26. The van der Waals surface area contributed by atoms with Gasteiger partial charge in [-0.05, 0) is 43.2 Å². The van der Waals surface area contributed by atoms with E-state index in [1.165, 1.54) is 13.0 Å². The van der Waals surface area contributed by atoms with E-state index in [-0.39, 0.29) is 11.5 Å². The van der Waals surface area contributed by atoms with E-state index in [1.54, 1.807) is 24.3 Å². The number of ketones is 1. The van der Waals surface area contributed by atoms with Crippen molar-refractivity contribution in [2.24, 2.45) is 0 Å². The summed E-state index contributed by atoms with van der Waals surface area (Å²) >= 11 is 0. The Balaban J connectivity index is 2.96. The molecule has 1 aromatic carbocycles. The number of hydrogen-bond acceptors (Lipinski definition) is 2. The Labute approximate surface area is 77.5 Å². The molecule has 0 fully saturated rings. The molecule has 0 aliphatic rings. The van der Waals surface area contributed by atoms with Crippen molar-refractivity contribution < 1.29 is 9.90 Å². The maximum absolute atomic E-state index is 10.7. The van der Waals surface area contributed by atoms with Crippen LogP contribution in [-0.4, -0.2) is 10.9 Å². The second-order valence-electron chi connectivity index (χ2n) is 2.98. The summed E-state index contributed by atoms with van der Waals surface area (Å²) in [6.45, 7) is 3.39. The van der Waals surface area contributed by atoms with Gasteiger partial charge in [0, 0.05) is 0 Å². The van der Waals surface area contributed by atoms with Crippen LogP contribution in [0.15, 0.2) is 24.3 Å². The lowest BCUT2D eigenvalue weighted by atomic mass is 10.1. The zero-order chi connectivity index (χ0) is 9.84. The minimum absolute atomic E-state index is 0.0208. The van der Waals surface area contributed by atoms with Gasteiger partial charge in [0.25, 0.3) is 0 Å². The van der Waals surface area contributed by atoms with E-state index in [0.29, 0.717) is 0 Å². The SMILES string of the molecule is CC(=O)/C=C/c1ccc(O)cc1C. The minimum atomic E-state index is 0.0208. The molecule has 0 radical (unpaired) electrons. The fourth-order valence-electron chi connectivity index (χ4n) is 1.05. The van der Waals surface area contributed by atoms with Gasteiger partial charge in [0.15, 0.2) is 5.78 Å². The van der Waals surface area contributed by atoms with Gasteiger partial charge in [0.05, 0.1) is 0 Å². The van der Waals surface area contributed by atoms with Crippen LogP contribution in [0.1, 0.15) is 18.1 Å². The summed E-state index contributed by atoms with van der Waals surface area (Å²) in [5.74, 6) is 0.268. The van der Waals surface area contributed by atoms with Crippen LogP contribution < -0.4 is 0 Å². The fraction of sp³-hybridized carbons (Fsp3) is 0.182. The zero-order valence-electron chi connectivity index (χ0n) is 7.74. The summed E-state index contributed by atoms with van der Waals surface area (Å²) in [4.78, 5) is 10.7. The van der Waals surface area contributed by atoms with Crippen molar-refractivity contribution in [1.29, 1.82) is 0 Å². The molecule has 13 heavy (non-hydrogen) atoms. The van der Waals surface area contributed by atoms with Gasteiger partial charge in [0.1, 0.15) is 5.75 Å². The predicted octanol–water partition coefficient (Wildman–Crippen LogP) is 2.30. The summed E-state index contributed by atoms with van der Waals surface area (Å²) in [5, 5.41) is 9.12. The van der Waals surface area contributed by atoms with Crippen LogP contribution in [-0.2, 0) is 4.79 Å². The Hall–Kier alpha value is -1.57. The van der Waals surface area contributed by atoms with Crippen LogP contribution in [0.4, 0.5) is 0 Å². The van der Waals surface area contributed by atoms with Gasteiger partial charge >= 0.3 is 0 Å². The molecule has 2 heteroatoms. The fourth-order valence-corrected chi connectivity index (χ4v) is 1.05. The number of aromatic hydroxyl groups is 1. The highest BCUT2D eigenvalue weighted by atomic mass is 16.3. The maximum atomic E-state index is 10.7. The van der Waals surface area contributed by atoms with E-state index in [1.807, 2.05) is 6.92 Å². The van der Waals surface area contributed by atoms with Crippen molar-refractivity contribution >= 4 is 11.9 Å². The minimum Gasteiger partial charge on any atom is -0.508 e. The molecule has 1 N–H and O–H groups in total. The molecule has 0 unspecified atom stereocenters. The van der Waals surface area contributed by atoms with Gasteiger partial charge in [-0.3, -0.25) is 4.79 Å². The van der Waals surface area contributed by atoms with Crippen molar-refractivity contribution in [1.82, 2.24) is 0 Å². The van der Waals surface area contributed by atoms with Crippen LogP contribution in [0.3, 0.4) is 0 Å². The highest BCUT2D eigenvalue weighted by Crippen LogP contribution is 2.16. The first-order valence-corrected chi connectivity index (χ1v) is 4.08. The average molecular weight is 176 g/mol. The number of phenolic OH excluding ortho intramolecular Hbond substituents is 1. The third-order valence-electron chi connectivity index (χ3n) is 1.75. The van der Waals surface area contributed by atoms with E-state index in [0.717, 1.165) is 11.1 Å². The molecule has 0 heterocycles. The number of hydrogen-bond donors (Lipinski definition) is 1. The van der Waals surface area contributed by atoms with Gasteiger partial charge in [0.2, 0.25) is 0 Å². The van der Waals surface area contributed by atoms with Gasteiger partial charge < -0.3 is 5.11 Å². The first kappa shape index (κ1) is 9.52. The molecule has 0 saturated carbocycles. The van der Waals surface area contributed by atoms with Crippen molar-refractivity contribution in [2.45, 2.75) is 13.8 Å². The summed E-state index contributed by atoms with van der Waals surface area (Å²) in [7, 11) is 0. The standard InChI is InChI=1S/C11H12O2/c1-8-7-11(13)6-5-10(8)4-3-9(2)12/h3-7,13H,1-2H3/b4-3+. The quantitative estimate of drug-likeness (QED) is 0.702. The Kier molecular flexibility index (Phi) is 2.85. The summed E-state index contributed by atoms with van der Waals surface area (Å²) < 4.78 is 0. The molecule has 0 saturated heterocycles. The number of aryl methyl sites for hydroxylation is 1. The summed E-state index contributed by atoms with van der Waals surface area (Å²) in [5.41, 5.74) is 1.91. The van der Waals surface area contributed by atoms with Gasteiger partial charge in [-0.2, -0.15) is 0 Å². The third kappa shape index (κ3) is 2.75. The number of allylic oxidation sites excluding steroid dienone is 1. The van der Waals surface area contributed by atoms with Gasteiger partial charge in [-0.25, -0.2) is 0 Å². The lowest BCUT2D eigenvalue weighted by Crippen LogP contribution is -1.83. The molecule has 2 nitrogen and oxygen atoms in total. The molecular weight excluding hydrogens is 164 g/mol. The summed E-state index contributed by atoms with van der Waals surface area (Å²) in [6, 6.07) is 5.05. The van der Waals surface area contributed by atoms with E-state index in [4.69, 9.17) is 5.11 Å². The molecule has 0 spiro atoms. The van der Waals surface area contributed by atoms with Crippen LogP contribution in [0.25, 0.3) is 6.08 Å². The zero-order valence-corrected chi connectivity index (χ0v) is 7.74. The number of phenols is 1. The molecule has 0 aliphatic carbocycles. The largest absolute Gasteiger partial charge is 0.508 e. The van der Waals surface area contributed by atoms with E-state index < -0.39 is 0 Å². The molecular formula is C11H12O2. The van der Waals surface area contributed by atoms with Crippen LogP contribution >= 0.6 is 0 Å². The normalized spacial score (nSPS) is 10.6. The molecule has 0 atom stereocenters. The van der Waals surface area contributed by atoms with Crippen molar-refractivity contribution in [3.63, 3.8) is 0 Å². The Morgan fingerprint density at radius 3 is 2.69 bits per heavy atom. The predicted molar refractivity (Wildman–Crippen MR) is 52.6 cm³/mol. The average Bonchev–Trinajstić information content (AvgIpc) is 2.02. The first-order valence-electron chi connectivity index (χ1n) is 4.08. The molecule has 68 valence electrons. The molecule has 1 rings (SSSR count). The third-order valence-corrected chi connectivity index (χ3v) is 1.75. The van der Waals surface area contributed by atoms with E-state index in [2.05, 4.69) is 0 Å². The molecule has 0 amide bonds. The molecule has 1 aromatic rings. The maximum Gasteiger partial charge on any atom is 0.152 e. The lowest BCUT2D eigenvalue weighted by Gasteiger charge is -1.99. The first-order chi connectivity index (χ1) is 6.09. The molecule has 0 aromatic heterocycles. The van der Waals surface area contributed by atoms with Gasteiger partial charge in [-0.15, -0.1) is 0 Å². The molecule has 0 aliphatic heterocycles. The highest BCUT2D eigenvalue weighted by Gasteiger charge is 1.95. The molecule has 0 bridgehead atoms. The van der Waals surface area contributed by atoms with Crippen molar-refractivity contribution in [2.75, 3.05) is 0 Å². The van der Waals surface area contributed by atoms with Crippen LogP contribution in [0, 0.1) is 6.92 Å². The Bertz CT molecular complexity index is 351. The lowest BCUT2D eigenvalue weighted by molar-refractivity contribution is -0.112. The Morgan fingerprint density at radius 2 is 2.15 bits per heavy atom. The van der Waals surface area contributed by atoms with E-state index >= 15 is 0 Å². The van der Waals surface area contributed by atoms with Crippen LogP contribution in [0.2, 0.25) is 0 Å². The number of rotatable bonds is 2. The topological polar surface area (TPSA) is 37.3 Å². The number of carbonyl (C=O) groups is 1. The van der Waals surface area contributed by atoms with Crippen LogP contribution in [0.5, 0.6) is 5.75 Å². The highest BCUT2D eigenvalue weighted by molar-refractivity contribution is 5.91. The van der Waals surface area contributed by atoms with Crippen molar-refractivity contribution in [3.8, 4) is 5.75 Å². The van der Waals surface area contributed by atoms with Crippen molar-refractivity contribution in [3.05, 3.63) is 35.4 Å². The number of carbonyl (C=O) groups excluding carboxylic acids is 1. The van der Waals surface area contributed by atoms with E-state index in [9.17, 15) is 4.79 Å². The second-order valence-corrected chi connectivity index (χ2v) is 2.98. The number of benzene rings is 1.